The number of hydrogen-bond acceptors (Lipinski definition) is 5. The molecule has 0 atom stereocenters. The van der Waals surface area contributed by atoms with Crippen LogP contribution in [0.3, 0.4) is 0 Å². The zero-order chi connectivity index (χ0) is 19.3. The van der Waals surface area contributed by atoms with Crippen LogP contribution < -0.4 is 20.1 Å². The number of aromatic nitrogens is 1. The Morgan fingerprint density at radius 1 is 1.00 bits per heavy atom. The highest BCUT2D eigenvalue weighted by atomic mass is 16.7. The average Bonchev–Trinajstić information content (AvgIpc) is 3.20. The SMILES string of the molecule is CCc1ccc(Nc2cc(C(=O)NCc3ccc4c(c3)OCO4)ccn2)cc1. The molecule has 2 N–H and O–H groups in total. The van der Waals surface area contributed by atoms with Gasteiger partial charge in [-0.15, -0.1) is 0 Å². The normalized spacial score (nSPS) is 11.9. The number of nitrogens with one attached hydrogen (secondary N) is 2. The molecule has 0 aliphatic carbocycles. The van der Waals surface area contributed by atoms with Crippen molar-refractivity contribution >= 4 is 17.4 Å². The van der Waals surface area contributed by atoms with Gasteiger partial charge in [0.1, 0.15) is 5.82 Å². The Kier molecular flexibility index (Phi) is 5.10. The molecule has 142 valence electrons. The summed E-state index contributed by atoms with van der Waals surface area (Å²) in [5.74, 6) is 1.90. The Bertz CT molecular complexity index is 987. The summed E-state index contributed by atoms with van der Waals surface area (Å²) in [5.41, 5.74) is 3.70. The first-order chi connectivity index (χ1) is 13.7. The molecule has 4 rings (SSSR count). The second-order valence-corrected chi connectivity index (χ2v) is 6.48. The van der Waals surface area contributed by atoms with Crippen molar-refractivity contribution < 1.29 is 14.3 Å². The lowest BCUT2D eigenvalue weighted by molar-refractivity contribution is 0.0950. The van der Waals surface area contributed by atoms with E-state index in [4.69, 9.17) is 9.47 Å². The number of rotatable bonds is 6. The number of aryl methyl sites for hydroxylation is 1. The molecule has 0 saturated carbocycles. The Hall–Kier alpha value is -3.54. The van der Waals surface area contributed by atoms with Crippen LogP contribution in [0.15, 0.2) is 60.8 Å². The van der Waals surface area contributed by atoms with E-state index in [0.717, 1.165) is 23.4 Å². The minimum absolute atomic E-state index is 0.163. The van der Waals surface area contributed by atoms with Gasteiger partial charge in [-0.2, -0.15) is 0 Å². The van der Waals surface area contributed by atoms with E-state index >= 15 is 0 Å². The number of carbonyl (C=O) groups excluding carboxylic acids is 1. The zero-order valence-electron chi connectivity index (χ0n) is 15.6. The second-order valence-electron chi connectivity index (χ2n) is 6.48. The quantitative estimate of drug-likeness (QED) is 0.680. The zero-order valence-corrected chi connectivity index (χ0v) is 15.6. The van der Waals surface area contributed by atoms with E-state index in [-0.39, 0.29) is 12.7 Å². The molecule has 1 aromatic heterocycles. The van der Waals surface area contributed by atoms with E-state index in [2.05, 4.69) is 34.7 Å². The molecule has 1 amide bonds. The highest BCUT2D eigenvalue weighted by molar-refractivity contribution is 5.94. The largest absolute Gasteiger partial charge is 0.454 e. The number of hydrogen-bond donors (Lipinski definition) is 2. The van der Waals surface area contributed by atoms with Crippen molar-refractivity contribution in [1.29, 1.82) is 0 Å². The summed E-state index contributed by atoms with van der Waals surface area (Å²) in [6.45, 7) is 2.76. The molecule has 2 heterocycles. The lowest BCUT2D eigenvalue weighted by atomic mass is 10.1. The van der Waals surface area contributed by atoms with E-state index in [1.807, 2.05) is 30.3 Å². The van der Waals surface area contributed by atoms with Crippen LogP contribution in [-0.4, -0.2) is 17.7 Å². The molecule has 2 aromatic carbocycles. The summed E-state index contributed by atoms with van der Waals surface area (Å²) in [5, 5.41) is 6.15. The van der Waals surface area contributed by atoms with Crippen LogP contribution in [0.5, 0.6) is 11.5 Å². The van der Waals surface area contributed by atoms with E-state index in [9.17, 15) is 4.79 Å². The lowest BCUT2D eigenvalue weighted by Gasteiger charge is -2.09. The smallest absolute Gasteiger partial charge is 0.251 e. The first-order valence-electron chi connectivity index (χ1n) is 9.20. The highest BCUT2D eigenvalue weighted by Crippen LogP contribution is 2.32. The van der Waals surface area contributed by atoms with Crippen LogP contribution in [0, 0.1) is 0 Å². The highest BCUT2D eigenvalue weighted by Gasteiger charge is 2.14. The summed E-state index contributed by atoms with van der Waals surface area (Å²) in [6, 6.07) is 17.2. The Morgan fingerprint density at radius 3 is 2.61 bits per heavy atom. The van der Waals surface area contributed by atoms with Crippen molar-refractivity contribution in [3.05, 3.63) is 77.5 Å². The number of ether oxygens (including phenoxy) is 2. The van der Waals surface area contributed by atoms with E-state index in [1.165, 1.54) is 5.56 Å². The summed E-state index contributed by atoms with van der Waals surface area (Å²) in [6.07, 6.45) is 2.62. The fraction of sp³-hybridized carbons (Fsp3) is 0.182. The molecule has 1 aliphatic rings. The van der Waals surface area contributed by atoms with Crippen molar-refractivity contribution in [2.75, 3.05) is 12.1 Å². The summed E-state index contributed by atoms with van der Waals surface area (Å²) < 4.78 is 10.7. The molecule has 0 spiro atoms. The monoisotopic (exact) mass is 375 g/mol. The number of benzene rings is 2. The van der Waals surface area contributed by atoms with Crippen LogP contribution in [0.4, 0.5) is 11.5 Å². The van der Waals surface area contributed by atoms with Gasteiger partial charge in [0.05, 0.1) is 0 Å². The van der Waals surface area contributed by atoms with Gasteiger partial charge in [0.25, 0.3) is 5.91 Å². The first-order valence-corrected chi connectivity index (χ1v) is 9.20. The number of amides is 1. The molecule has 28 heavy (non-hydrogen) atoms. The van der Waals surface area contributed by atoms with Crippen molar-refractivity contribution in [1.82, 2.24) is 10.3 Å². The lowest BCUT2D eigenvalue weighted by Crippen LogP contribution is -2.22. The molecule has 0 bridgehead atoms. The van der Waals surface area contributed by atoms with Crippen molar-refractivity contribution in [3.63, 3.8) is 0 Å². The van der Waals surface area contributed by atoms with E-state index in [1.54, 1.807) is 18.3 Å². The molecular weight excluding hydrogens is 354 g/mol. The number of pyridine rings is 1. The molecule has 0 radical (unpaired) electrons. The average molecular weight is 375 g/mol. The third kappa shape index (κ3) is 4.06. The predicted molar refractivity (Wildman–Crippen MR) is 107 cm³/mol. The third-order valence-corrected chi connectivity index (χ3v) is 4.55. The molecule has 1 aliphatic heterocycles. The van der Waals surface area contributed by atoms with Gasteiger partial charge in [-0.05, 0) is 53.9 Å². The summed E-state index contributed by atoms with van der Waals surface area (Å²) in [7, 11) is 0. The van der Waals surface area contributed by atoms with Gasteiger partial charge < -0.3 is 20.1 Å². The van der Waals surface area contributed by atoms with E-state index < -0.39 is 0 Å². The maximum atomic E-state index is 12.5. The molecule has 3 aromatic rings. The summed E-state index contributed by atoms with van der Waals surface area (Å²) >= 11 is 0. The third-order valence-electron chi connectivity index (χ3n) is 4.55. The molecule has 6 nitrogen and oxygen atoms in total. The fourth-order valence-corrected chi connectivity index (χ4v) is 2.95. The minimum Gasteiger partial charge on any atom is -0.454 e. The molecule has 0 unspecified atom stereocenters. The van der Waals surface area contributed by atoms with Crippen molar-refractivity contribution in [2.45, 2.75) is 19.9 Å². The van der Waals surface area contributed by atoms with Gasteiger partial charge in [-0.1, -0.05) is 25.1 Å². The number of carbonyl (C=O) groups is 1. The van der Waals surface area contributed by atoms with Gasteiger partial charge in [0.2, 0.25) is 6.79 Å². The van der Waals surface area contributed by atoms with E-state index in [0.29, 0.717) is 23.7 Å². The number of nitrogens with zero attached hydrogens (tertiary/aromatic N) is 1. The molecule has 6 heteroatoms. The van der Waals surface area contributed by atoms with Crippen LogP contribution in [0.1, 0.15) is 28.4 Å². The van der Waals surface area contributed by atoms with Gasteiger partial charge in [-0.25, -0.2) is 4.98 Å². The Labute approximate surface area is 163 Å². The van der Waals surface area contributed by atoms with Crippen LogP contribution >= 0.6 is 0 Å². The minimum atomic E-state index is -0.163. The Balaban J connectivity index is 1.39. The van der Waals surface area contributed by atoms with Crippen molar-refractivity contribution in [3.8, 4) is 11.5 Å². The predicted octanol–water partition coefficient (Wildman–Crippen LogP) is 4.05. The van der Waals surface area contributed by atoms with Crippen LogP contribution in [-0.2, 0) is 13.0 Å². The van der Waals surface area contributed by atoms with Crippen molar-refractivity contribution in [2.24, 2.45) is 0 Å². The van der Waals surface area contributed by atoms with Crippen LogP contribution in [0.2, 0.25) is 0 Å². The molecule has 0 fully saturated rings. The fourth-order valence-electron chi connectivity index (χ4n) is 2.95. The van der Waals surface area contributed by atoms with Gasteiger partial charge in [0.15, 0.2) is 11.5 Å². The molecule has 0 saturated heterocycles. The second kappa shape index (κ2) is 8.00. The maximum Gasteiger partial charge on any atom is 0.251 e. The summed E-state index contributed by atoms with van der Waals surface area (Å²) in [4.78, 5) is 16.8. The topological polar surface area (TPSA) is 72.5 Å². The van der Waals surface area contributed by atoms with Gasteiger partial charge in [0, 0.05) is 24.0 Å². The molecular formula is C22H21N3O3. The number of anilines is 2. The number of fused-ring (bicyclic) bond motifs is 1. The van der Waals surface area contributed by atoms with Crippen LogP contribution in [0.25, 0.3) is 0 Å². The van der Waals surface area contributed by atoms with Gasteiger partial charge >= 0.3 is 0 Å². The first kappa shape index (κ1) is 17.9. The Morgan fingerprint density at radius 2 is 1.79 bits per heavy atom. The maximum absolute atomic E-state index is 12.5. The van der Waals surface area contributed by atoms with Gasteiger partial charge in [-0.3, -0.25) is 4.79 Å². The standard InChI is InChI=1S/C22H21N3O3/c1-2-15-3-6-18(7-4-15)25-21-12-17(9-10-23-21)22(26)24-13-16-5-8-19-20(11-16)28-14-27-19/h3-12H,2,13-14H2,1H3,(H,23,25)(H,24,26).